The predicted octanol–water partition coefficient (Wildman–Crippen LogP) is 2.08. The monoisotopic (exact) mass is 256 g/mol. The molecule has 1 saturated heterocycles. The Balaban J connectivity index is 1.98. The molecule has 3 nitrogen and oxygen atoms in total. The maximum Gasteiger partial charge on any atom is 0.237 e. The third kappa shape index (κ3) is 2.79. The lowest BCUT2D eigenvalue weighted by Crippen LogP contribution is -2.50. The third-order valence-corrected chi connectivity index (χ3v) is 5.44. The fraction of sp³-hybridized carbons (Fsp3) is 0.923. The zero-order valence-corrected chi connectivity index (χ0v) is 12.0. The first-order valence-electron chi connectivity index (χ1n) is 6.64. The van der Waals surface area contributed by atoms with Crippen LogP contribution in [0.2, 0.25) is 0 Å². The number of carbonyl (C=O) groups excluding carboxylic acids is 1. The van der Waals surface area contributed by atoms with Crippen molar-refractivity contribution >= 4 is 17.7 Å². The Morgan fingerprint density at radius 2 is 2.24 bits per heavy atom. The molecular weight excluding hydrogens is 232 g/mol. The highest BCUT2D eigenvalue weighted by molar-refractivity contribution is 8.00. The van der Waals surface area contributed by atoms with Crippen molar-refractivity contribution < 1.29 is 4.79 Å². The largest absolute Gasteiger partial charge is 0.325 e. The van der Waals surface area contributed by atoms with Gasteiger partial charge in [-0.3, -0.25) is 10.1 Å². The fourth-order valence-electron chi connectivity index (χ4n) is 2.75. The average molecular weight is 256 g/mol. The van der Waals surface area contributed by atoms with E-state index in [2.05, 4.69) is 30.3 Å². The number of carbonyl (C=O) groups is 1. The minimum atomic E-state index is 0.270. The van der Waals surface area contributed by atoms with Gasteiger partial charge < -0.3 is 4.90 Å². The summed E-state index contributed by atoms with van der Waals surface area (Å²) >= 11 is 1.95. The van der Waals surface area contributed by atoms with E-state index in [0.29, 0.717) is 17.2 Å². The number of nitrogens with zero attached hydrogens (tertiary/aromatic N) is 1. The molecule has 0 bridgehead atoms. The molecule has 0 aromatic rings. The molecule has 1 aliphatic carbocycles. The van der Waals surface area contributed by atoms with Gasteiger partial charge in [-0.15, -0.1) is 0 Å². The molecule has 0 radical (unpaired) electrons. The van der Waals surface area contributed by atoms with Crippen LogP contribution in [0.15, 0.2) is 0 Å². The molecule has 0 spiro atoms. The van der Waals surface area contributed by atoms with Crippen LogP contribution in [0, 0.1) is 5.92 Å². The Morgan fingerprint density at radius 1 is 1.53 bits per heavy atom. The number of hydrogen-bond donors (Lipinski definition) is 1. The second-order valence-corrected chi connectivity index (χ2v) is 7.06. The molecular formula is C13H24N2OS. The quantitative estimate of drug-likeness (QED) is 0.817. The molecule has 1 aliphatic heterocycles. The second kappa shape index (κ2) is 5.19. The van der Waals surface area contributed by atoms with Gasteiger partial charge in [0.2, 0.25) is 5.91 Å². The van der Waals surface area contributed by atoms with Crippen molar-refractivity contribution in [1.29, 1.82) is 0 Å². The van der Waals surface area contributed by atoms with Crippen LogP contribution in [0.25, 0.3) is 0 Å². The van der Waals surface area contributed by atoms with Crippen LogP contribution < -0.4 is 5.32 Å². The first kappa shape index (κ1) is 13.2. The minimum Gasteiger partial charge on any atom is -0.325 e. The Bertz CT molecular complexity index is 284. The standard InChI is InChI=1S/C13H24N2OS/c1-10(2)7-11-14-8-12(16)15(11)9-13(17-3)5-4-6-13/h10-11,14H,4-9H2,1-3H3. The van der Waals surface area contributed by atoms with Gasteiger partial charge in [-0.1, -0.05) is 20.3 Å². The molecule has 1 N–H and O–H groups in total. The summed E-state index contributed by atoms with van der Waals surface area (Å²) in [6.07, 6.45) is 7.39. The zero-order valence-electron chi connectivity index (χ0n) is 11.2. The van der Waals surface area contributed by atoms with E-state index in [9.17, 15) is 4.79 Å². The van der Waals surface area contributed by atoms with E-state index in [4.69, 9.17) is 0 Å². The summed E-state index contributed by atoms with van der Waals surface area (Å²) in [5, 5.41) is 3.35. The number of rotatable bonds is 5. The van der Waals surface area contributed by atoms with Crippen LogP contribution >= 0.6 is 11.8 Å². The van der Waals surface area contributed by atoms with Gasteiger partial charge in [0.1, 0.15) is 0 Å². The minimum absolute atomic E-state index is 0.270. The normalized spacial score (nSPS) is 27.6. The van der Waals surface area contributed by atoms with Crippen molar-refractivity contribution in [2.24, 2.45) is 5.92 Å². The molecule has 4 heteroatoms. The summed E-state index contributed by atoms with van der Waals surface area (Å²) in [5.41, 5.74) is 0. The number of amides is 1. The van der Waals surface area contributed by atoms with E-state index in [-0.39, 0.29) is 12.1 Å². The van der Waals surface area contributed by atoms with Crippen molar-refractivity contribution in [1.82, 2.24) is 10.2 Å². The fourth-order valence-corrected chi connectivity index (χ4v) is 3.72. The van der Waals surface area contributed by atoms with Gasteiger partial charge in [0.25, 0.3) is 0 Å². The summed E-state index contributed by atoms with van der Waals surface area (Å²) < 4.78 is 0.358. The van der Waals surface area contributed by atoms with Crippen molar-refractivity contribution in [3.8, 4) is 0 Å². The van der Waals surface area contributed by atoms with Gasteiger partial charge in [0.05, 0.1) is 12.7 Å². The van der Waals surface area contributed by atoms with Gasteiger partial charge >= 0.3 is 0 Å². The molecule has 2 aliphatic rings. The van der Waals surface area contributed by atoms with Crippen molar-refractivity contribution in [2.75, 3.05) is 19.3 Å². The third-order valence-electron chi connectivity index (χ3n) is 4.04. The van der Waals surface area contributed by atoms with Gasteiger partial charge in [0.15, 0.2) is 0 Å². The van der Waals surface area contributed by atoms with Crippen LogP contribution in [0.5, 0.6) is 0 Å². The van der Waals surface area contributed by atoms with Crippen LogP contribution in [-0.4, -0.2) is 41.1 Å². The highest BCUT2D eigenvalue weighted by atomic mass is 32.2. The van der Waals surface area contributed by atoms with Crippen LogP contribution in [0.3, 0.4) is 0 Å². The average Bonchev–Trinajstić information content (AvgIpc) is 2.54. The van der Waals surface area contributed by atoms with E-state index >= 15 is 0 Å². The summed E-state index contributed by atoms with van der Waals surface area (Å²) in [7, 11) is 0. The lowest BCUT2D eigenvalue weighted by Gasteiger charge is -2.44. The molecule has 17 heavy (non-hydrogen) atoms. The highest BCUT2D eigenvalue weighted by Gasteiger charge is 2.42. The maximum absolute atomic E-state index is 12.0. The van der Waals surface area contributed by atoms with Gasteiger partial charge in [-0.2, -0.15) is 11.8 Å². The van der Waals surface area contributed by atoms with Crippen LogP contribution in [-0.2, 0) is 4.79 Å². The first-order valence-corrected chi connectivity index (χ1v) is 7.87. The Kier molecular flexibility index (Phi) is 4.03. The van der Waals surface area contributed by atoms with Gasteiger partial charge in [0, 0.05) is 11.3 Å². The predicted molar refractivity (Wildman–Crippen MR) is 73.1 cm³/mol. The maximum atomic E-state index is 12.0. The van der Waals surface area contributed by atoms with Gasteiger partial charge in [-0.25, -0.2) is 0 Å². The molecule has 2 fully saturated rings. The van der Waals surface area contributed by atoms with Gasteiger partial charge in [-0.05, 0) is 31.4 Å². The number of nitrogens with one attached hydrogen (secondary N) is 1. The molecule has 0 aromatic carbocycles. The van der Waals surface area contributed by atoms with Crippen LogP contribution in [0.1, 0.15) is 39.5 Å². The topological polar surface area (TPSA) is 32.3 Å². The van der Waals surface area contributed by atoms with Crippen molar-refractivity contribution in [3.63, 3.8) is 0 Å². The molecule has 1 atom stereocenters. The van der Waals surface area contributed by atoms with E-state index < -0.39 is 0 Å². The summed E-state index contributed by atoms with van der Waals surface area (Å²) in [5.74, 6) is 0.920. The highest BCUT2D eigenvalue weighted by Crippen LogP contribution is 2.43. The van der Waals surface area contributed by atoms with E-state index in [1.807, 2.05) is 11.8 Å². The lowest BCUT2D eigenvalue weighted by molar-refractivity contribution is -0.128. The van der Waals surface area contributed by atoms with E-state index in [0.717, 1.165) is 13.0 Å². The van der Waals surface area contributed by atoms with E-state index in [1.54, 1.807) is 0 Å². The SMILES string of the molecule is CSC1(CN2C(=O)CNC2CC(C)C)CCC1. The van der Waals surface area contributed by atoms with E-state index in [1.165, 1.54) is 19.3 Å². The van der Waals surface area contributed by atoms with Crippen LogP contribution in [0.4, 0.5) is 0 Å². The number of thioether (sulfide) groups is 1. The molecule has 1 saturated carbocycles. The molecule has 0 aromatic heterocycles. The molecule has 2 rings (SSSR count). The Morgan fingerprint density at radius 3 is 2.71 bits per heavy atom. The smallest absolute Gasteiger partial charge is 0.237 e. The Hall–Kier alpha value is -0.220. The number of hydrogen-bond acceptors (Lipinski definition) is 3. The first-order chi connectivity index (χ1) is 8.06. The zero-order chi connectivity index (χ0) is 12.5. The molecule has 1 heterocycles. The summed E-state index contributed by atoms with van der Waals surface area (Å²) in [6.45, 7) is 5.91. The molecule has 98 valence electrons. The second-order valence-electron chi connectivity index (χ2n) is 5.79. The molecule has 1 unspecified atom stereocenters. The summed E-state index contributed by atoms with van der Waals surface area (Å²) in [4.78, 5) is 14.0. The summed E-state index contributed by atoms with van der Waals surface area (Å²) in [6, 6.07) is 0. The lowest BCUT2D eigenvalue weighted by atomic mass is 9.83. The molecule has 1 amide bonds. The van der Waals surface area contributed by atoms with Crippen molar-refractivity contribution in [3.05, 3.63) is 0 Å². The van der Waals surface area contributed by atoms with Crippen molar-refractivity contribution in [2.45, 2.75) is 50.4 Å². The Labute approximate surface area is 109 Å².